The fourth-order valence-corrected chi connectivity index (χ4v) is 3.12. The van der Waals surface area contributed by atoms with Gasteiger partial charge in [0.2, 0.25) is 0 Å². The van der Waals surface area contributed by atoms with Gasteiger partial charge in [0, 0.05) is 19.3 Å². The molecule has 4 nitrogen and oxygen atoms in total. The minimum Gasteiger partial charge on any atom is -0.337 e. The summed E-state index contributed by atoms with van der Waals surface area (Å²) < 4.78 is 0. The predicted octanol–water partition coefficient (Wildman–Crippen LogP) is 2.21. The highest BCUT2D eigenvalue weighted by molar-refractivity contribution is 5.92. The van der Waals surface area contributed by atoms with Gasteiger partial charge < -0.3 is 4.90 Å². The van der Waals surface area contributed by atoms with Gasteiger partial charge in [-0.15, -0.1) is 0 Å². The summed E-state index contributed by atoms with van der Waals surface area (Å²) in [5.41, 5.74) is 2.77. The summed E-state index contributed by atoms with van der Waals surface area (Å²) >= 11 is 0. The van der Waals surface area contributed by atoms with Gasteiger partial charge in [-0.25, -0.2) is 4.98 Å². The van der Waals surface area contributed by atoms with E-state index in [0.717, 1.165) is 31.6 Å². The lowest BCUT2D eigenvalue weighted by Gasteiger charge is -2.21. The van der Waals surface area contributed by atoms with Crippen LogP contribution in [0.15, 0.2) is 24.0 Å². The zero-order valence-corrected chi connectivity index (χ0v) is 11.5. The van der Waals surface area contributed by atoms with Gasteiger partial charge in [-0.3, -0.25) is 9.78 Å². The first-order chi connectivity index (χ1) is 9.13. The molecule has 19 heavy (non-hydrogen) atoms. The minimum atomic E-state index is 0.0274. The van der Waals surface area contributed by atoms with E-state index in [4.69, 9.17) is 0 Å². The summed E-state index contributed by atoms with van der Waals surface area (Å²) in [6, 6.07) is 0. The number of aryl methyl sites for hydroxylation is 1. The summed E-state index contributed by atoms with van der Waals surface area (Å²) in [5.74, 6) is 1.29. The molecule has 1 aromatic rings. The van der Waals surface area contributed by atoms with Crippen molar-refractivity contribution in [2.75, 3.05) is 13.1 Å². The first kappa shape index (κ1) is 12.3. The number of likely N-dealkylation sites (tertiary alicyclic amines) is 1. The summed E-state index contributed by atoms with van der Waals surface area (Å²) in [4.78, 5) is 22.7. The molecule has 0 radical (unpaired) electrons. The quantitative estimate of drug-likeness (QED) is 0.725. The molecule has 0 aromatic carbocycles. The molecular weight excluding hydrogens is 238 g/mol. The van der Waals surface area contributed by atoms with Gasteiger partial charge in [0.05, 0.1) is 11.9 Å². The van der Waals surface area contributed by atoms with Crippen LogP contribution in [0.1, 0.15) is 35.9 Å². The third kappa shape index (κ3) is 2.39. The SMILES string of the molecule is CC1=CC[C@@H]2CN(C(=O)c3cnc(C)cn3)C[C@@H]2C1. The van der Waals surface area contributed by atoms with Crippen molar-refractivity contribution in [3.05, 3.63) is 35.4 Å². The number of rotatable bonds is 1. The summed E-state index contributed by atoms with van der Waals surface area (Å²) in [5, 5.41) is 0. The molecular formula is C15H19N3O. The minimum absolute atomic E-state index is 0.0274. The number of carbonyl (C=O) groups excluding carboxylic acids is 1. The van der Waals surface area contributed by atoms with Crippen molar-refractivity contribution in [2.45, 2.75) is 26.7 Å². The van der Waals surface area contributed by atoms with Gasteiger partial charge in [-0.05, 0) is 38.5 Å². The second kappa shape index (κ2) is 4.76. The van der Waals surface area contributed by atoms with Crippen LogP contribution in [-0.2, 0) is 0 Å². The molecule has 1 aliphatic heterocycles. The number of aromatic nitrogens is 2. The van der Waals surface area contributed by atoms with E-state index in [0.29, 0.717) is 17.5 Å². The predicted molar refractivity (Wildman–Crippen MR) is 72.6 cm³/mol. The smallest absolute Gasteiger partial charge is 0.274 e. The lowest BCUT2D eigenvalue weighted by Crippen LogP contribution is -2.29. The van der Waals surface area contributed by atoms with Crippen LogP contribution in [0.5, 0.6) is 0 Å². The molecule has 2 heterocycles. The maximum Gasteiger partial charge on any atom is 0.274 e. The molecule has 1 fully saturated rings. The van der Waals surface area contributed by atoms with Gasteiger partial charge in [0.25, 0.3) is 5.91 Å². The number of fused-ring (bicyclic) bond motifs is 1. The number of allylic oxidation sites excluding steroid dienone is 2. The Morgan fingerprint density at radius 2 is 2.00 bits per heavy atom. The average Bonchev–Trinajstić information content (AvgIpc) is 2.81. The Kier molecular flexibility index (Phi) is 3.09. The van der Waals surface area contributed by atoms with Crippen molar-refractivity contribution in [3.63, 3.8) is 0 Å². The molecule has 1 amide bonds. The van der Waals surface area contributed by atoms with E-state index in [1.165, 1.54) is 5.57 Å². The maximum absolute atomic E-state index is 12.4. The van der Waals surface area contributed by atoms with Crippen LogP contribution < -0.4 is 0 Å². The monoisotopic (exact) mass is 257 g/mol. The zero-order valence-electron chi connectivity index (χ0n) is 11.5. The number of hydrogen-bond acceptors (Lipinski definition) is 3. The van der Waals surface area contributed by atoms with Crippen molar-refractivity contribution in [2.24, 2.45) is 11.8 Å². The van der Waals surface area contributed by atoms with Crippen molar-refractivity contribution in [1.82, 2.24) is 14.9 Å². The van der Waals surface area contributed by atoms with Crippen LogP contribution in [0.4, 0.5) is 0 Å². The second-order valence-electron chi connectivity index (χ2n) is 5.76. The zero-order chi connectivity index (χ0) is 13.4. The lowest BCUT2D eigenvalue weighted by atomic mass is 9.83. The molecule has 0 N–H and O–H groups in total. The Labute approximate surface area is 113 Å². The molecule has 0 bridgehead atoms. The van der Waals surface area contributed by atoms with Crippen molar-refractivity contribution >= 4 is 5.91 Å². The number of nitrogens with zero attached hydrogens (tertiary/aromatic N) is 3. The molecule has 0 saturated carbocycles. The average molecular weight is 257 g/mol. The van der Waals surface area contributed by atoms with Crippen molar-refractivity contribution in [3.8, 4) is 0 Å². The first-order valence-corrected chi connectivity index (χ1v) is 6.87. The van der Waals surface area contributed by atoms with Gasteiger partial charge in [0.15, 0.2) is 0 Å². The Morgan fingerprint density at radius 1 is 1.21 bits per heavy atom. The largest absolute Gasteiger partial charge is 0.337 e. The molecule has 1 aliphatic carbocycles. The van der Waals surface area contributed by atoms with Gasteiger partial charge in [0.1, 0.15) is 5.69 Å². The van der Waals surface area contributed by atoms with Crippen LogP contribution in [0, 0.1) is 18.8 Å². The van der Waals surface area contributed by atoms with Crippen LogP contribution in [0.25, 0.3) is 0 Å². The van der Waals surface area contributed by atoms with Gasteiger partial charge in [-0.2, -0.15) is 0 Å². The van der Waals surface area contributed by atoms with Crippen LogP contribution in [0.2, 0.25) is 0 Å². The van der Waals surface area contributed by atoms with Crippen molar-refractivity contribution < 1.29 is 4.79 Å². The van der Waals surface area contributed by atoms with E-state index < -0.39 is 0 Å². The van der Waals surface area contributed by atoms with Gasteiger partial charge >= 0.3 is 0 Å². The Hall–Kier alpha value is -1.71. The molecule has 100 valence electrons. The van der Waals surface area contributed by atoms with E-state index in [1.54, 1.807) is 12.4 Å². The molecule has 0 spiro atoms. The highest BCUT2D eigenvalue weighted by Crippen LogP contribution is 2.35. The Balaban J connectivity index is 1.71. The fraction of sp³-hybridized carbons (Fsp3) is 0.533. The highest BCUT2D eigenvalue weighted by atomic mass is 16.2. The van der Waals surface area contributed by atoms with Gasteiger partial charge in [-0.1, -0.05) is 11.6 Å². The molecule has 0 unspecified atom stereocenters. The molecule has 4 heteroatoms. The lowest BCUT2D eigenvalue weighted by molar-refractivity contribution is 0.0778. The topological polar surface area (TPSA) is 46.1 Å². The molecule has 2 atom stereocenters. The van der Waals surface area contributed by atoms with Crippen molar-refractivity contribution in [1.29, 1.82) is 0 Å². The number of amides is 1. The van der Waals surface area contributed by atoms with E-state index in [-0.39, 0.29) is 5.91 Å². The first-order valence-electron chi connectivity index (χ1n) is 6.87. The van der Waals surface area contributed by atoms with Crippen LogP contribution >= 0.6 is 0 Å². The number of hydrogen-bond donors (Lipinski definition) is 0. The third-order valence-electron chi connectivity index (χ3n) is 4.22. The van der Waals surface area contributed by atoms with Crippen LogP contribution in [-0.4, -0.2) is 33.9 Å². The van der Waals surface area contributed by atoms with E-state index in [1.807, 2.05) is 11.8 Å². The molecule has 1 saturated heterocycles. The fourth-order valence-electron chi connectivity index (χ4n) is 3.12. The number of carbonyl (C=O) groups is 1. The summed E-state index contributed by atoms with van der Waals surface area (Å²) in [7, 11) is 0. The third-order valence-corrected chi connectivity index (χ3v) is 4.22. The molecule has 1 aromatic heterocycles. The summed E-state index contributed by atoms with van der Waals surface area (Å²) in [6.45, 7) is 5.79. The van der Waals surface area contributed by atoms with E-state index in [9.17, 15) is 4.79 Å². The van der Waals surface area contributed by atoms with Crippen LogP contribution in [0.3, 0.4) is 0 Å². The summed E-state index contributed by atoms with van der Waals surface area (Å²) in [6.07, 6.45) is 7.81. The Morgan fingerprint density at radius 3 is 2.74 bits per heavy atom. The molecule has 3 rings (SSSR count). The standard InChI is InChI=1S/C15H19N3O/c1-10-3-4-12-8-18(9-13(12)5-10)15(19)14-7-16-11(2)6-17-14/h3,6-7,12-13H,4-5,8-9H2,1-2H3/t12-,13+/m1/s1. The van der Waals surface area contributed by atoms with E-state index >= 15 is 0 Å². The second-order valence-corrected chi connectivity index (χ2v) is 5.76. The van der Waals surface area contributed by atoms with E-state index in [2.05, 4.69) is 23.0 Å². The molecule has 2 aliphatic rings. The Bertz CT molecular complexity index is 521. The normalized spacial score (nSPS) is 26.0. The highest BCUT2D eigenvalue weighted by Gasteiger charge is 2.36. The maximum atomic E-state index is 12.4.